The van der Waals surface area contributed by atoms with E-state index in [0.717, 1.165) is 0 Å². The van der Waals surface area contributed by atoms with Crippen molar-refractivity contribution in [1.82, 2.24) is 15.4 Å². The molecule has 0 saturated carbocycles. The number of nitro groups is 2. The lowest BCUT2D eigenvalue weighted by Gasteiger charge is -1.93. The Morgan fingerprint density at radius 1 is 0.870 bits per heavy atom. The second kappa shape index (κ2) is 5.60. The van der Waals surface area contributed by atoms with Gasteiger partial charge in [-0.1, -0.05) is 0 Å². The highest BCUT2D eigenvalue weighted by Crippen LogP contribution is 2.18. The quantitative estimate of drug-likeness (QED) is 0.441. The fourth-order valence-electron chi connectivity index (χ4n) is 1.93. The van der Waals surface area contributed by atoms with Crippen molar-refractivity contribution >= 4 is 11.4 Å². The van der Waals surface area contributed by atoms with Gasteiger partial charge in [-0.15, -0.1) is 0 Å². The van der Waals surface area contributed by atoms with Crippen LogP contribution in [-0.2, 0) is 0 Å². The standard InChI is InChI=1S/C13H8N6O4/c20-18(21)11-3-1-9(2-4-11)13-14-16-17(15-13)10-5-7-12(8-6-10)19(22)23/h1-8H/p+1. The Morgan fingerprint density at radius 2 is 1.39 bits per heavy atom. The number of aromatic nitrogens is 4. The molecule has 0 fully saturated rings. The van der Waals surface area contributed by atoms with E-state index < -0.39 is 9.85 Å². The minimum absolute atomic E-state index is 0.0171. The number of aromatic amines is 1. The van der Waals surface area contributed by atoms with Gasteiger partial charge >= 0.3 is 5.82 Å². The topological polar surface area (TPSA) is 132 Å². The van der Waals surface area contributed by atoms with E-state index in [2.05, 4.69) is 15.4 Å². The molecular formula is C13H9N6O4+. The number of H-pyrrole nitrogens is 1. The molecule has 1 aromatic heterocycles. The average Bonchev–Trinajstić information content (AvgIpc) is 3.05. The highest BCUT2D eigenvalue weighted by atomic mass is 16.6. The Labute approximate surface area is 128 Å². The third-order valence-corrected chi connectivity index (χ3v) is 3.10. The van der Waals surface area contributed by atoms with Crippen LogP contribution in [0.4, 0.5) is 11.4 Å². The van der Waals surface area contributed by atoms with E-state index in [1.807, 2.05) is 0 Å². The molecule has 0 spiro atoms. The van der Waals surface area contributed by atoms with Crippen LogP contribution >= 0.6 is 0 Å². The van der Waals surface area contributed by atoms with E-state index >= 15 is 0 Å². The molecule has 114 valence electrons. The lowest BCUT2D eigenvalue weighted by molar-refractivity contribution is -0.716. The van der Waals surface area contributed by atoms with Gasteiger partial charge in [-0.3, -0.25) is 20.2 Å². The molecule has 3 aromatic rings. The summed E-state index contributed by atoms with van der Waals surface area (Å²) in [6.45, 7) is 0. The fraction of sp³-hybridized carbons (Fsp3) is 0. The normalized spacial score (nSPS) is 10.4. The number of benzene rings is 2. The molecule has 23 heavy (non-hydrogen) atoms. The van der Waals surface area contributed by atoms with E-state index in [0.29, 0.717) is 17.1 Å². The first-order chi connectivity index (χ1) is 11.0. The summed E-state index contributed by atoms with van der Waals surface area (Å²) in [6.07, 6.45) is 0. The Morgan fingerprint density at radius 3 is 1.91 bits per heavy atom. The first-order valence-corrected chi connectivity index (χ1v) is 6.39. The van der Waals surface area contributed by atoms with Crippen molar-refractivity contribution in [3.8, 4) is 17.1 Å². The number of nitro benzene ring substituents is 2. The van der Waals surface area contributed by atoms with Crippen LogP contribution < -0.4 is 4.80 Å². The maximum absolute atomic E-state index is 10.6. The first kappa shape index (κ1) is 14.3. The molecule has 0 aliphatic carbocycles. The van der Waals surface area contributed by atoms with Gasteiger partial charge in [-0.25, -0.2) is 0 Å². The molecule has 0 saturated heterocycles. The molecule has 1 N–H and O–H groups in total. The zero-order valence-electron chi connectivity index (χ0n) is 11.5. The van der Waals surface area contributed by atoms with E-state index in [4.69, 9.17) is 0 Å². The lowest BCUT2D eigenvalue weighted by atomic mass is 10.2. The number of nitrogens with one attached hydrogen (secondary N) is 1. The Kier molecular flexibility index (Phi) is 3.47. The predicted molar refractivity (Wildman–Crippen MR) is 76.7 cm³/mol. The summed E-state index contributed by atoms with van der Waals surface area (Å²) in [4.78, 5) is 21.6. The summed E-state index contributed by atoms with van der Waals surface area (Å²) in [6, 6.07) is 11.6. The zero-order valence-corrected chi connectivity index (χ0v) is 11.5. The summed E-state index contributed by atoms with van der Waals surface area (Å²) in [5.74, 6) is 0.415. The molecule has 0 radical (unpaired) electrons. The number of hydrogen-bond acceptors (Lipinski definition) is 6. The molecule has 10 nitrogen and oxygen atoms in total. The van der Waals surface area contributed by atoms with Crippen LogP contribution in [0.2, 0.25) is 0 Å². The molecule has 0 amide bonds. The monoisotopic (exact) mass is 313 g/mol. The SMILES string of the molecule is O=[N+]([O-])c1ccc(-c2nn[n+](-c3ccc([N+](=O)[O-])cc3)[nH]2)cc1. The van der Waals surface area contributed by atoms with Gasteiger partial charge in [0.2, 0.25) is 0 Å². The maximum Gasteiger partial charge on any atom is 0.313 e. The van der Waals surface area contributed by atoms with Crippen molar-refractivity contribution in [2.75, 3.05) is 0 Å². The number of non-ortho nitro benzene ring substituents is 2. The maximum atomic E-state index is 10.6. The molecule has 0 aliphatic heterocycles. The summed E-state index contributed by atoms with van der Waals surface area (Å²) in [5.41, 5.74) is 1.15. The Hall–Kier alpha value is -3.69. The summed E-state index contributed by atoms with van der Waals surface area (Å²) < 4.78 is 0. The molecule has 0 atom stereocenters. The van der Waals surface area contributed by atoms with Crippen LogP contribution in [0.25, 0.3) is 17.1 Å². The molecule has 0 bridgehead atoms. The van der Waals surface area contributed by atoms with E-state index in [9.17, 15) is 20.2 Å². The van der Waals surface area contributed by atoms with Crippen molar-refractivity contribution in [3.05, 3.63) is 68.8 Å². The van der Waals surface area contributed by atoms with Crippen LogP contribution in [0.1, 0.15) is 0 Å². The van der Waals surface area contributed by atoms with Crippen LogP contribution in [0.5, 0.6) is 0 Å². The minimum Gasteiger partial charge on any atom is -0.258 e. The molecule has 0 aliphatic rings. The average molecular weight is 313 g/mol. The van der Waals surface area contributed by atoms with Gasteiger partial charge < -0.3 is 0 Å². The Bertz CT molecular complexity index is 800. The number of nitrogens with zero attached hydrogens (tertiary/aromatic N) is 5. The predicted octanol–water partition coefficient (Wildman–Crippen LogP) is 1.56. The van der Waals surface area contributed by atoms with Gasteiger partial charge in [0.1, 0.15) is 0 Å². The Balaban J connectivity index is 1.87. The first-order valence-electron chi connectivity index (χ1n) is 6.39. The minimum atomic E-state index is -0.489. The number of tetrazole rings is 1. The smallest absolute Gasteiger partial charge is 0.258 e. The third kappa shape index (κ3) is 2.85. The van der Waals surface area contributed by atoms with Crippen LogP contribution in [-0.4, -0.2) is 25.3 Å². The third-order valence-electron chi connectivity index (χ3n) is 3.10. The van der Waals surface area contributed by atoms with Gasteiger partial charge in [-0.05, 0) is 29.1 Å². The second-order valence-electron chi connectivity index (χ2n) is 4.54. The molecule has 2 aromatic carbocycles. The van der Waals surface area contributed by atoms with Crippen LogP contribution in [0.3, 0.4) is 0 Å². The summed E-state index contributed by atoms with van der Waals surface area (Å²) >= 11 is 0. The van der Waals surface area contributed by atoms with Crippen LogP contribution in [0, 0.1) is 20.2 Å². The summed E-state index contributed by atoms with van der Waals surface area (Å²) in [7, 11) is 0. The van der Waals surface area contributed by atoms with E-state index in [-0.39, 0.29) is 11.4 Å². The zero-order chi connectivity index (χ0) is 16.4. The van der Waals surface area contributed by atoms with Gasteiger partial charge in [0, 0.05) is 24.3 Å². The van der Waals surface area contributed by atoms with Crippen molar-refractivity contribution in [1.29, 1.82) is 0 Å². The van der Waals surface area contributed by atoms with Gasteiger partial charge in [-0.2, -0.15) is 5.10 Å². The van der Waals surface area contributed by atoms with Crippen molar-refractivity contribution in [2.45, 2.75) is 0 Å². The number of rotatable bonds is 4. The van der Waals surface area contributed by atoms with Gasteiger partial charge in [0.15, 0.2) is 10.9 Å². The van der Waals surface area contributed by atoms with Crippen molar-refractivity contribution in [2.24, 2.45) is 0 Å². The molecule has 1 heterocycles. The molecular weight excluding hydrogens is 304 g/mol. The van der Waals surface area contributed by atoms with Crippen LogP contribution in [0.15, 0.2) is 48.5 Å². The van der Waals surface area contributed by atoms with Crippen molar-refractivity contribution in [3.63, 3.8) is 0 Å². The highest BCUT2D eigenvalue weighted by molar-refractivity contribution is 5.56. The van der Waals surface area contributed by atoms with Gasteiger partial charge in [0.25, 0.3) is 11.4 Å². The fourth-order valence-corrected chi connectivity index (χ4v) is 1.93. The molecule has 3 rings (SSSR count). The van der Waals surface area contributed by atoms with Crippen molar-refractivity contribution < 1.29 is 14.6 Å². The van der Waals surface area contributed by atoms with E-state index in [1.165, 1.54) is 41.2 Å². The highest BCUT2D eigenvalue weighted by Gasteiger charge is 2.17. The number of hydrogen-bond donors (Lipinski definition) is 1. The summed E-state index contributed by atoms with van der Waals surface area (Å²) in [5, 5.41) is 32.0. The molecule has 0 unspecified atom stereocenters. The molecule has 10 heteroatoms. The second-order valence-corrected chi connectivity index (χ2v) is 4.54. The van der Waals surface area contributed by atoms with Gasteiger partial charge in [0.05, 0.1) is 20.5 Å². The largest absolute Gasteiger partial charge is 0.313 e. The lowest BCUT2D eigenvalue weighted by Crippen LogP contribution is -2.36. The van der Waals surface area contributed by atoms with E-state index in [1.54, 1.807) is 12.1 Å².